The summed E-state index contributed by atoms with van der Waals surface area (Å²) in [7, 11) is 3.12. The fraction of sp³-hybridized carbons (Fsp3) is 0.429. The molecule has 0 aliphatic carbocycles. The van der Waals surface area contributed by atoms with Crippen molar-refractivity contribution in [2.75, 3.05) is 45.3 Å². The molecule has 4 bridgehead atoms. The Kier molecular flexibility index (Phi) is 10.2. The molecule has 1 fully saturated rings. The Labute approximate surface area is 265 Å². The van der Waals surface area contributed by atoms with E-state index in [9.17, 15) is 14.4 Å². The van der Waals surface area contributed by atoms with Crippen LogP contribution in [0.2, 0.25) is 0 Å². The maximum atomic E-state index is 14.0. The van der Waals surface area contributed by atoms with Crippen LogP contribution >= 0.6 is 0 Å². The van der Waals surface area contributed by atoms with Crippen molar-refractivity contribution < 1.29 is 23.9 Å². The van der Waals surface area contributed by atoms with Crippen LogP contribution in [-0.2, 0) is 11.3 Å². The summed E-state index contributed by atoms with van der Waals surface area (Å²) in [5.41, 5.74) is 4.13. The van der Waals surface area contributed by atoms with Crippen molar-refractivity contribution in [3.05, 3.63) is 71.5 Å². The number of hydrogen-bond acceptors (Lipinski definition) is 7. The molecule has 3 aromatic rings. The van der Waals surface area contributed by atoms with E-state index in [2.05, 4.69) is 20.5 Å². The highest BCUT2D eigenvalue weighted by Gasteiger charge is 2.26. The van der Waals surface area contributed by atoms with Crippen molar-refractivity contribution >= 4 is 23.4 Å². The number of fused-ring (bicyclic) bond motifs is 5. The average Bonchev–Trinajstić information content (AvgIpc) is 3.06. The van der Waals surface area contributed by atoms with Gasteiger partial charge < -0.3 is 29.9 Å². The van der Waals surface area contributed by atoms with Crippen LogP contribution in [0.1, 0.15) is 65.8 Å². The Bertz CT molecular complexity index is 1520. The van der Waals surface area contributed by atoms with Gasteiger partial charge in [-0.1, -0.05) is 13.8 Å². The lowest BCUT2D eigenvalue weighted by Gasteiger charge is -2.29. The minimum Gasteiger partial charge on any atom is -0.493 e. The lowest BCUT2D eigenvalue weighted by molar-refractivity contribution is -0.123. The van der Waals surface area contributed by atoms with Crippen LogP contribution < -0.4 is 25.0 Å². The third kappa shape index (κ3) is 7.56. The summed E-state index contributed by atoms with van der Waals surface area (Å²) in [5.74, 6) is 0.311. The Morgan fingerprint density at radius 3 is 2.38 bits per heavy atom. The van der Waals surface area contributed by atoms with Crippen molar-refractivity contribution in [1.82, 2.24) is 20.5 Å². The maximum absolute atomic E-state index is 14.0. The van der Waals surface area contributed by atoms with Crippen LogP contribution in [0.4, 0.5) is 5.69 Å². The standard InChI is InChI=1S/C35H43N5O5/c1-23(2)16-30-34(42)37-12-15-40(35(43)25-8-10-28(11-9-25)39-13-6-5-7-14-39)22-24-17-29(32(45-4)31(18-24)44-3)26-19-27(21-36-20-26)33(41)38-30/h8-11,17-21,23,30H,5-7,12-16,22H2,1-4H3,(H,37,42)(H,38,41)/t30-/m1/s1. The van der Waals surface area contributed by atoms with E-state index in [1.54, 1.807) is 31.4 Å². The molecule has 10 nitrogen and oxygen atoms in total. The first-order valence-corrected chi connectivity index (χ1v) is 15.7. The van der Waals surface area contributed by atoms with Gasteiger partial charge in [0.2, 0.25) is 5.91 Å². The average molecular weight is 614 g/mol. The number of nitrogens with one attached hydrogen (secondary N) is 2. The molecule has 3 heterocycles. The summed E-state index contributed by atoms with van der Waals surface area (Å²) < 4.78 is 11.4. The Morgan fingerprint density at radius 1 is 0.956 bits per heavy atom. The lowest BCUT2D eigenvalue weighted by atomic mass is 10.00. The summed E-state index contributed by atoms with van der Waals surface area (Å²) in [6.45, 7) is 6.79. The molecule has 3 amide bonds. The van der Waals surface area contributed by atoms with E-state index < -0.39 is 11.9 Å². The predicted octanol–water partition coefficient (Wildman–Crippen LogP) is 4.67. The first-order chi connectivity index (χ1) is 21.8. The molecule has 0 saturated carbocycles. The molecule has 0 spiro atoms. The molecule has 2 aliphatic rings. The number of carbonyl (C=O) groups excluding carboxylic acids is 3. The Morgan fingerprint density at radius 2 is 1.69 bits per heavy atom. The van der Waals surface area contributed by atoms with Crippen molar-refractivity contribution in [2.45, 2.75) is 52.1 Å². The number of aromatic nitrogens is 1. The molecule has 1 saturated heterocycles. The number of benzene rings is 2. The van der Waals surface area contributed by atoms with Gasteiger partial charge in [0, 0.05) is 67.5 Å². The molecular weight excluding hydrogens is 570 g/mol. The van der Waals surface area contributed by atoms with Gasteiger partial charge in [-0.05, 0) is 79.6 Å². The molecule has 0 unspecified atom stereocenters. The summed E-state index contributed by atoms with van der Waals surface area (Å²) in [6.07, 6.45) is 7.20. The number of amides is 3. The Balaban J connectivity index is 1.53. The molecule has 2 N–H and O–H groups in total. The normalized spacial score (nSPS) is 17.6. The molecule has 238 valence electrons. The molecule has 10 heteroatoms. The number of methoxy groups -OCH3 is 2. The second-order valence-electron chi connectivity index (χ2n) is 12.1. The van der Waals surface area contributed by atoms with Crippen LogP contribution in [0.15, 0.2) is 54.9 Å². The van der Waals surface area contributed by atoms with Crippen LogP contribution in [0, 0.1) is 5.92 Å². The highest BCUT2D eigenvalue weighted by atomic mass is 16.5. The van der Waals surface area contributed by atoms with Crippen molar-refractivity contribution in [3.8, 4) is 22.6 Å². The number of nitrogens with zero attached hydrogens (tertiary/aromatic N) is 3. The fourth-order valence-corrected chi connectivity index (χ4v) is 6.04. The number of carbonyl (C=O) groups is 3. The largest absolute Gasteiger partial charge is 0.493 e. The SMILES string of the molecule is COc1cc2cc(c1OC)-c1cncc(c1)C(=O)N[C@H](CC(C)C)C(=O)NCCN(C(=O)c1ccc(N3CCCCC3)cc1)C2. The number of pyridine rings is 1. The van der Waals surface area contributed by atoms with E-state index in [4.69, 9.17) is 9.47 Å². The molecular formula is C35H43N5O5. The zero-order valence-corrected chi connectivity index (χ0v) is 26.6. The first kappa shape index (κ1) is 31.8. The van der Waals surface area contributed by atoms with Crippen molar-refractivity contribution in [2.24, 2.45) is 5.92 Å². The van der Waals surface area contributed by atoms with Crippen LogP contribution in [0.3, 0.4) is 0 Å². The fourth-order valence-electron chi connectivity index (χ4n) is 6.04. The minimum atomic E-state index is -0.742. The van der Waals surface area contributed by atoms with Gasteiger partial charge in [-0.3, -0.25) is 19.4 Å². The number of rotatable bonds is 6. The second kappa shape index (κ2) is 14.5. The van der Waals surface area contributed by atoms with E-state index >= 15 is 0 Å². The maximum Gasteiger partial charge on any atom is 0.254 e. The quantitative estimate of drug-likeness (QED) is 0.415. The zero-order valence-electron chi connectivity index (χ0n) is 26.6. The minimum absolute atomic E-state index is 0.147. The number of piperidine rings is 1. The third-order valence-corrected chi connectivity index (χ3v) is 8.36. The molecule has 45 heavy (non-hydrogen) atoms. The highest BCUT2D eigenvalue weighted by molar-refractivity contribution is 5.98. The number of hydrogen-bond donors (Lipinski definition) is 2. The number of ether oxygens (including phenoxy) is 2. The summed E-state index contributed by atoms with van der Waals surface area (Å²) in [4.78, 5) is 49.1. The highest BCUT2D eigenvalue weighted by Crippen LogP contribution is 2.40. The van der Waals surface area contributed by atoms with Crippen LogP contribution in [0.5, 0.6) is 11.5 Å². The van der Waals surface area contributed by atoms with E-state index in [-0.39, 0.29) is 37.4 Å². The summed E-state index contributed by atoms with van der Waals surface area (Å²) in [6, 6.07) is 12.6. The van der Waals surface area contributed by atoms with Crippen LogP contribution in [0.25, 0.3) is 11.1 Å². The van der Waals surface area contributed by atoms with Gasteiger partial charge in [0.1, 0.15) is 6.04 Å². The van der Waals surface area contributed by atoms with Gasteiger partial charge in [-0.2, -0.15) is 0 Å². The lowest BCUT2D eigenvalue weighted by Crippen LogP contribution is -2.49. The van der Waals surface area contributed by atoms with Crippen LogP contribution in [-0.4, -0.2) is 74.0 Å². The van der Waals surface area contributed by atoms with E-state index in [1.807, 2.05) is 50.2 Å². The monoisotopic (exact) mass is 613 g/mol. The van der Waals surface area contributed by atoms with E-state index in [1.165, 1.54) is 25.5 Å². The van der Waals surface area contributed by atoms with E-state index in [0.717, 1.165) is 24.3 Å². The second-order valence-corrected chi connectivity index (χ2v) is 12.1. The first-order valence-electron chi connectivity index (χ1n) is 15.7. The third-order valence-electron chi connectivity index (χ3n) is 8.36. The molecule has 2 aliphatic heterocycles. The van der Waals surface area contributed by atoms with Gasteiger partial charge in [0.25, 0.3) is 11.8 Å². The van der Waals surface area contributed by atoms with Gasteiger partial charge in [-0.15, -0.1) is 0 Å². The summed E-state index contributed by atoms with van der Waals surface area (Å²) in [5, 5.41) is 5.85. The van der Waals surface area contributed by atoms with Gasteiger partial charge in [0.05, 0.1) is 19.8 Å². The zero-order chi connectivity index (χ0) is 31.9. The molecule has 2 aromatic carbocycles. The molecule has 1 aromatic heterocycles. The van der Waals surface area contributed by atoms with Gasteiger partial charge in [0.15, 0.2) is 11.5 Å². The topological polar surface area (TPSA) is 113 Å². The molecule has 0 radical (unpaired) electrons. The number of anilines is 1. The summed E-state index contributed by atoms with van der Waals surface area (Å²) >= 11 is 0. The van der Waals surface area contributed by atoms with E-state index in [0.29, 0.717) is 40.2 Å². The molecule has 5 rings (SSSR count). The Hall–Kier alpha value is -4.60. The van der Waals surface area contributed by atoms with Crippen molar-refractivity contribution in [1.29, 1.82) is 0 Å². The predicted molar refractivity (Wildman–Crippen MR) is 174 cm³/mol. The van der Waals surface area contributed by atoms with Crippen molar-refractivity contribution in [3.63, 3.8) is 0 Å². The smallest absolute Gasteiger partial charge is 0.254 e. The van der Waals surface area contributed by atoms with Gasteiger partial charge >= 0.3 is 0 Å². The molecule has 1 atom stereocenters. The van der Waals surface area contributed by atoms with Gasteiger partial charge in [-0.25, -0.2) is 0 Å².